The Morgan fingerprint density at radius 2 is 2.33 bits per heavy atom. The van der Waals surface area contributed by atoms with Gasteiger partial charge in [0.1, 0.15) is 5.82 Å². The molecule has 0 amide bonds. The maximum absolute atomic E-state index is 5.75. The van der Waals surface area contributed by atoms with Crippen LogP contribution < -0.4 is 5.32 Å². The predicted molar refractivity (Wildman–Crippen MR) is 74.6 cm³/mol. The van der Waals surface area contributed by atoms with E-state index < -0.39 is 0 Å². The van der Waals surface area contributed by atoms with E-state index >= 15 is 0 Å². The maximum Gasteiger partial charge on any atom is 0.230 e. The van der Waals surface area contributed by atoms with Gasteiger partial charge in [-0.1, -0.05) is 0 Å². The summed E-state index contributed by atoms with van der Waals surface area (Å²) in [4.78, 5) is 2.25. The third kappa shape index (κ3) is 3.96. The standard InChI is InChI=1S/C13H18N6O2/c1-10-16-18-13(21-10)9-19-5-6-20-11(8-19)7-14-12-3-2-4-15-17-12/h2-4,11H,5-9H2,1H3,(H,14,17)/t11-/m0/s1. The number of morpholine rings is 1. The van der Waals surface area contributed by atoms with Gasteiger partial charge < -0.3 is 14.5 Å². The Morgan fingerprint density at radius 1 is 1.38 bits per heavy atom. The van der Waals surface area contributed by atoms with Gasteiger partial charge in [-0.05, 0) is 12.1 Å². The van der Waals surface area contributed by atoms with Crippen molar-refractivity contribution < 1.29 is 9.15 Å². The van der Waals surface area contributed by atoms with Gasteiger partial charge in [-0.3, -0.25) is 4.90 Å². The molecular formula is C13H18N6O2. The molecule has 112 valence electrons. The molecule has 0 aromatic carbocycles. The summed E-state index contributed by atoms with van der Waals surface area (Å²) in [5.74, 6) is 2.00. The first-order valence-corrected chi connectivity index (χ1v) is 6.94. The van der Waals surface area contributed by atoms with Crippen molar-refractivity contribution in [3.63, 3.8) is 0 Å². The Kier molecular flexibility index (Phi) is 4.37. The van der Waals surface area contributed by atoms with Gasteiger partial charge in [0.15, 0.2) is 0 Å². The van der Waals surface area contributed by atoms with Crippen molar-refractivity contribution >= 4 is 5.82 Å². The van der Waals surface area contributed by atoms with Crippen molar-refractivity contribution in [3.05, 3.63) is 30.1 Å². The van der Waals surface area contributed by atoms with Gasteiger partial charge in [-0.15, -0.1) is 15.3 Å². The fraction of sp³-hybridized carbons (Fsp3) is 0.538. The van der Waals surface area contributed by atoms with Crippen LogP contribution in [-0.2, 0) is 11.3 Å². The molecule has 8 nitrogen and oxygen atoms in total. The molecule has 1 aliphatic rings. The van der Waals surface area contributed by atoms with E-state index in [2.05, 4.69) is 30.6 Å². The topological polar surface area (TPSA) is 89.2 Å². The molecule has 1 fully saturated rings. The van der Waals surface area contributed by atoms with Crippen molar-refractivity contribution in [1.29, 1.82) is 0 Å². The van der Waals surface area contributed by atoms with Crippen molar-refractivity contribution in [3.8, 4) is 0 Å². The fourth-order valence-corrected chi connectivity index (χ4v) is 2.25. The van der Waals surface area contributed by atoms with Crippen molar-refractivity contribution in [2.75, 3.05) is 31.6 Å². The van der Waals surface area contributed by atoms with Crippen LogP contribution in [0.4, 0.5) is 5.82 Å². The summed E-state index contributed by atoms with van der Waals surface area (Å²) < 4.78 is 11.2. The molecule has 1 saturated heterocycles. The smallest absolute Gasteiger partial charge is 0.230 e. The van der Waals surface area contributed by atoms with Crippen LogP contribution in [0.1, 0.15) is 11.8 Å². The summed E-state index contributed by atoms with van der Waals surface area (Å²) in [5.41, 5.74) is 0. The minimum absolute atomic E-state index is 0.102. The van der Waals surface area contributed by atoms with Crippen molar-refractivity contribution in [1.82, 2.24) is 25.3 Å². The second-order valence-electron chi connectivity index (χ2n) is 4.93. The molecule has 0 aliphatic carbocycles. The average Bonchev–Trinajstić information content (AvgIpc) is 2.92. The molecule has 1 N–H and O–H groups in total. The number of nitrogens with zero attached hydrogens (tertiary/aromatic N) is 5. The van der Waals surface area contributed by atoms with Crippen LogP contribution in [0.2, 0.25) is 0 Å². The normalized spacial score (nSPS) is 19.6. The third-order valence-corrected chi connectivity index (χ3v) is 3.23. The van der Waals surface area contributed by atoms with Crippen LogP contribution >= 0.6 is 0 Å². The second kappa shape index (κ2) is 6.59. The Hall–Kier alpha value is -2.06. The number of aryl methyl sites for hydroxylation is 1. The largest absolute Gasteiger partial charge is 0.424 e. The monoisotopic (exact) mass is 290 g/mol. The van der Waals surface area contributed by atoms with E-state index in [1.807, 2.05) is 12.1 Å². The molecule has 0 spiro atoms. The van der Waals surface area contributed by atoms with Crippen LogP contribution in [0.3, 0.4) is 0 Å². The molecule has 2 aromatic rings. The van der Waals surface area contributed by atoms with Crippen LogP contribution in [0, 0.1) is 6.92 Å². The first kappa shape index (κ1) is 13.9. The van der Waals surface area contributed by atoms with Gasteiger partial charge in [0, 0.05) is 32.8 Å². The molecule has 3 rings (SSSR count). The average molecular weight is 290 g/mol. The van der Waals surface area contributed by atoms with E-state index in [9.17, 15) is 0 Å². The summed E-state index contributed by atoms with van der Waals surface area (Å²) in [5, 5.41) is 18.9. The van der Waals surface area contributed by atoms with Gasteiger partial charge in [0.05, 0.1) is 19.3 Å². The highest BCUT2D eigenvalue weighted by Gasteiger charge is 2.22. The molecular weight excluding hydrogens is 272 g/mol. The maximum atomic E-state index is 5.75. The lowest BCUT2D eigenvalue weighted by Crippen LogP contribution is -2.44. The SMILES string of the molecule is Cc1nnc(CN2CCO[C@@H](CNc3cccnn3)C2)o1. The second-order valence-corrected chi connectivity index (χ2v) is 4.93. The van der Waals surface area contributed by atoms with Gasteiger partial charge in [-0.2, -0.15) is 5.10 Å². The summed E-state index contributed by atoms with van der Waals surface area (Å²) >= 11 is 0. The zero-order chi connectivity index (χ0) is 14.5. The molecule has 1 atom stereocenters. The highest BCUT2D eigenvalue weighted by molar-refractivity contribution is 5.31. The quantitative estimate of drug-likeness (QED) is 0.850. The van der Waals surface area contributed by atoms with Gasteiger partial charge in [-0.25, -0.2) is 0 Å². The Balaban J connectivity index is 1.49. The van der Waals surface area contributed by atoms with Crippen molar-refractivity contribution in [2.45, 2.75) is 19.6 Å². The minimum atomic E-state index is 0.102. The Labute approximate surface area is 122 Å². The zero-order valence-corrected chi connectivity index (χ0v) is 11.9. The molecule has 21 heavy (non-hydrogen) atoms. The van der Waals surface area contributed by atoms with E-state index in [4.69, 9.17) is 9.15 Å². The van der Waals surface area contributed by atoms with Crippen LogP contribution in [-0.4, -0.2) is 57.6 Å². The van der Waals surface area contributed by atoms with E-state index in [-0.39, 0.29) is 6.10 Å². The molecule has 1 aliphatic heterocycles. The minimum Gasteiger partial charge on any atom is -0.424 e. The number of anilines is 1. The molecule has 3 heterocycles. The van der Waals surface area contributed by atoms with Gasteiger partial charge in [0.2, 0.25) is 11.8 Å². The zero-order valence-electron chi connectivity index (χ0n) is 11.9. The van der Waals surface area contributed by atoms with Gasteiger partial charge >= 0.3 is 0 Å². The molecule has 0 saturated carbocycles. The number of nitrogens with one attached hydrogen (secondary N) is 1. The molecule has 0 radical (unpaired) electrons. The van der Waals surface area contributed by atoms with Crippen molar-refractivity contribution in [2.24, 2.45) is 0 Å². The lowest BCUT2D eigenvalue weighted by atomic mass is 10.2. The van der Waals surface area contributed by atoms with Gasteiger partial charge in [0.25, 0.3) is 0 Å². The molecule has 0 bridgehead atoms. The van der Waals surface area contributed by atoms with Crippen LogP contribution in [0.5, 0.6) is 0 Å². The molecule has 0 unspecified atom stereocenters. The summed E-state index contributed by atoms with van der Waals surface area (Å²) in [6, 6.07) is 3.73. The van der Waals surface area contributed by atoms with Crippen LogP contribution in [0.25, 0.3) is 0 Å². The van der Waals surface area contributed by atoms with E-state index in [0.29, 0.717) is 31.5 Å². The Morgan fingerprint density at radius 3 is 3.10 bits per heavy atom. The first-order valence-electron chi connectivity index (χ1n) is 6.94. The fourth-order valence-electron chi connectivity index (χ4n) is 2.25. The van der Waals surface area contributed by atoms with E-state index in [0.717, 1.165) is 18.9 Å². The summed E-state index contributed by atoms with van der Waals surface area (Å²) in [6.07, 6.45) is 1.75. The molecule has 8 heteroatoms. The highest BCUT2D eigenvalue weighted by atomic mass is 16.5. The number of hydrogen-bond acceptors (Lipinski definition) is 8. The predicted octanol–water partition coefficient (Wildman–Crippen LogP) is 0.481. The lowest BCUT2D eigenvalue weighted by Gasteiger charge is -2.32. The van der Waals surface area contributed by atoms with E-state index in [1.54, 1.807) is 13.1 Å². The highest BCUT2D eigenvalue weighted by Crippen LogP contribution is 2.10. The number of hydrogen-bond donors (Lipinski definition) is 1. The lowest BCUT2D eigenvalue weighted by molar-refractivity contribution is -0.0264. The number of rotatable bonds is 5. The third-order valence-electron chi connectivity index (χ3n) is 3.23. The number of ether oxygens (including phenoxy) is 1. The Bertz CT molecular complexity index is 561. The number of aromatic nitrogens is 4. The van der Waals surface area contributed by atoms with Crippen LogP contribution in [0.15, 0.2) is 22.7 Å². The van der Waals surface area contributed by atoms with E-state index in [1.165, 1.54) is 0 Å². The summed E-state index contributed by atoms with van der Waals surface area (Å²) in [6.45, 7) is 5.52. The first-order chi connectivity index (χ1) is 10.3. The molecule has 2 aromatic heterocycles. The summed E-state index contributed by atoms with van der Waals surface area (Å²) in [7, 11) is 0.